The van der Waals surface area contributed by atoms with Gasteiger partial charge in [0.25, 0.3) is 5.91 Å². The number of anilines is 1. The Morgan fingerprint density at radius 2 is 2.00 bits per heavy atom. The molecule has 0 bridgehead atoms. The maximum Gasteiger partial charge on any atom is 0.280 e. The number of nitrogens with one attached hydrogen (secondary N) is 1. The standard InChI is InChI=1S/C19H21N3O3S/c1-10-7-6-8-16(11(10)2)24-9-15-13(4)25-22-17(15)18(23)21-19-20-12(3)14(5)26-19/h6-8H,9H2,1-5H3,(H,20,21,23). The molecule has 26 heavy (non-hydrogen) atoms. The zero-order valence-electron chi connectivity index (χ0n) is 15.5. The molecule has 3 aromatic rings. The molecule has 0 aliphatic carbocycles. The van der Waals surface area contributed by atoms with Crippen molar-refractivity contribution < 1.29 is 14.1 Å². The molecule has 136 valence electrons. The van der Waals surface area contributed by atoms with Gasteiger partial charge in [0.05, 0.1) is 11.3 Å². The van der Waals surface area contributed by atoms with Crippen LogP contribution in [0.25, 0.3) is 0 Å². The first-order valence-electron chi connectivity index (χ1n) is 8.26. The van der Waals surface area contributed by atoms with Crippen molar-refractivity contribution in [3.63, 3.8) is 0 Å². The number of hydrogen-bond donors (Lipinski definition) is 1. The molecule has 0 spiro atoms. The minimum atomic E-state index is -0.352. The van der Waals surface area contributed by atoms with E-state index in [4.69, 9.17) is 9.26 Å². The summed E-state index contributed by atoms with van der Waals surface area (Å²) in [6.07, 6.45) is 0. The van der Waals surface area contributed by atoms with Crippen LogP contribution in [0, 0.1) is 34.6 Å². The highest BCUT2D eigenvalue weighted by Crippen LogP contribution is 2.25. The molecular formula is C19H21N3O3S. The van der Waals surface area contributed by atoms with E-state index in [1.807, 2.05) is 45.9 Å². The van der Waals surface area contributed by atoms with Crippen LogP contribution in [0.1, 0.15) is 43.5 Å². The number of aryl methyl sites for hydroxylation is 4. The third-order valence-corrected chi connectivity index (χ3v) is 5.36. The van der Waals surface area contributed by atoms with E-state index in [1.54, 1.807) is 6.92 Å². The number of benzene rings is 1. The van der Waals surface area contributed by atoms with Gasteiger partial charge in [0.15, 0.2) is 10.8 Å². The Labute approximate surface area is 156 Å². The minimum Gasteiger partial charge on any atom is -0.488 e. The van der Waals surface area contributed by atoms with Gasteiger partial charge in [-0.05, 0) is 51.8 Å². The highest BCUT2D eigenvalue weighted by Gasteiger charge is 2.22. The van der Waals surface area contributed by atoms with Crippen LogP contribution in [0.2, 0.25) is 0 Å². The number of carbonyl (C=O) groups excluding carboxylic acids is 1. The molecule has 1 amide bonds. The van der Waals surface area contributed by atoms with E-state index in [1.165, 1.54) is 11.3 Å². The third-order valence-electron chi connectivity index (χ3n) is 4.38. The fraction of sp³-hybridized carbons (Fsp3) is 0.316. The van der Waals surface area contributed by atoms with Crippen molar-refractivity contribution in [2.45, 2.75) is 41.2 Å². The molecule has 0 aliphatic heterocycles. The van der Waals surface area contributed by atoms with Crippen LogP contribution in [0.4, 0.5) is 5.13 Å². The van der Waals surface area contributed by atoms with E-state index in [0.29, 0.717) is 16.5 Å². The molecular weight excluding hydrogens is 350 g/mol. The number of aromatic nitrogens is 2. The highest BCUT2D eigenvalue weighted by molar-refractivity contribution is 7.15. The average Bonchev–Trinajstić information content (AvgIpc) is 3.11. The number of nitrogens with zero attached hydrogens (tertiary/aromatic N) is 2. The van der Waals surface area contributed by atoms with Gasteiger partial charge in [-0.3, -0.25) is 10.1 Å². The average molecular weight is 371 g/mol. The molecule has 2 aromatic heterocycles. The first-order valence-corrected chi connectivity index (χ1v) is 9.08. The Bertz CT molecular complexity index is 940. The van der Waals surface area contributed by atoms with Gasteiger partial charge in [0.1, 0.15) is 18.1 Å². The Morgan fingerprint density at radius 3 is 2.69 bits per heavy atom. The topological polar surface area (TPSA) is 77.2 Å². The van der Waals surface area contributed by atoms with Gasteiger partial charge in [-0.15, -0.1) is 11.3 Å². The van der Waals surface area contributed by atoms with Gasteiger partial charge in [0, 0.05) is 4.88 Å². The molecule has 0 atom stereocenters. The fourth-order valence-electron chi connectivity index (χ4n) is 2.45. The second-order valence-electron chi connectivity index (χ2n) is 6.17. The van der Waals surface area contributed by atoms with Crippen LogP contribution < -0.4 is 10.1 Å². The van der Waals surface area contributed by atoms with Crippen LogP contribution in [-0.4, -0.2) is 16.0 Å². The Kier molecular flexibility index (Phi) is 5.08. The maximum atomic E-state index is 12.6. The predicted molar refractivity (Wildman–Crippen MR) is 101 cm³/mol. The maximum absolute atomic E-state index is 12.6. The number of thiazole rings is 1. The number of carbonyl (C=O) groups is 1. The van der Waals surface area contributed by atoms with E-state index in [-0.39, 0.29) is 18.2 Å². The molecule has 0 saturated carbocycles. The van der Waals surface area contributed by atoms with Gasteiger partial charge < -0.3 is 9.26 Å². The smallest absolute Gasteiger partial charge is 0.280 e. The molecule has 0 saturated heterocycles. The molecule has 3 rings (SSSR count). The molecule has 6 nitrogen and oxygen atoms in total. The van der Waals surface area contributed by atoms with Gasteiger partial charge in [-0.1, -0.05) is 17.3 Å². The number of hydrogen-bond acceptors (Lipinski definition) is 6. The molecule has 1 N–H and O–H groups in total. The monoisotopic (exact) mass is 371 g/mol. The Hall–Kier alpha value is -2.67. The molecule has 0 unspecified atom stereocenters. The molecule has 0 fully saturated rings. The van der Waals surface area contributed by atoms with Gasteiger partial charge in [0.2, 0.25) is 0 Å². The lowest BCUT2D eigenvalue weighted by Gasteiger charge is -2.11. The Balaban J connectivity index is 1.78. The lowest BCUT2D eigenvalue weighted by Crippen LogP contribution is -2.15. The summed E-state index contributed by atoms with van der Waals surface area (Å²) in [5.74, 6) is 0.991. The summed E-state index contributed by atoms with van der Waals surface area (Å²) < 4.78 is 11.1. The molecule has 1 aromatic carbocycles. The van der Waals surface area contributed by atoms with E-state index in [2.05, 4.69) is 15.5 Å². The van der Waals surface area contributed by atoms with Crippen LogP contribution >= 0.6 is 11.3 Å². The second kappa shape index (κ2) is 7.29. The molecule has 7 heteroatoms. The number of ether oxygens (including phenoxy) is 1. The lowest BCUT2D eigenvalue weighted by molar-refractivity contribution is 0.101. The number of rotatable bonds is 5. The van der Waals surface area contributed by atoms with Crippen molar-refractivity contribution >= 4 is 22.4 Å². The van der Waals surface area contributed by atoms with Crippen molar-refractivity contribution in [3.05, 3.63) is 56.9 Å². The molecule has 0 radical (unpaired) electrons. The van der Waals surface area contributed by atoms with E-state index in [9.17, 15) is 4.79 Å². The first kappa shape index (κ1) is 18.1. The fourth-order valence-corrected chi connectivity index (χ4v) is 3.26. The van der Waals surface area contributed by atoms with E-state index in [0.717, 1.165) is 27.4 Å². The normalized spacial score (nSPS) is 10.8. The SMILES string of the molecule is Cc1cccc(OCc2c(C(=O)Nc3nc(C)c(C)s3)noc2C)c1C. The van der Waals surface area contributed by atoms with Crippen molar-refractivity contribution in [2.24, 2.45) is 0 Å². The summed E-state index contributed by atoms with van der Waals surface area (Å²) in [5.41, 5.74) is 3.98. The lowest BCUT2D eigenvalue weighted by atomic mass is 10.1. The summed E-state index contributed by atoms with van der Waals surface area (Å²) in [6.45, 7) is 9.88. The molecule has 2 heterocycles. The van der Waals surface area contributed by atoms with Crippen molar-refractivity contribution in [1.29, 1.82) is 0 Å². The van der Waals surface area contributed by atoms with Crippen LogP contribution in [0.3, 0.4) is 0 Å². The van der Waals surface area contributed by atoms with Crippen LogP contribution in [-0.2, 0) is 6.61 Å². The summed E-state index contributed by atoms with van der Waals surface area (Å²) in [5, 5.41) is 7.23. The minimum absolute atomic E-state index is 0.207. The van der Waals surface area contributed by atoms with Crippen molar-refractivity contribution in [3.8, 4) is 5.75 Å². The highest BCUT2D eigenvalue weighted by atomic mass is 32.1. The van der Waals surface area contributed by atoms with Crippen molar-refractivity contribution in [1.82, 2.24) is 10.1 Å². The summed E-state index contributed by atoms with van der Waals surface area (Å²) in [6, 6.07) is 5.88. The van der Waals surface area contributed by atoms with Crippen molar-refractivity contribution in [2.75, 3.05) is 5.32 Å². The molecule has 0 aliphatic rings. The second-order valence-corrected chi connectivity index (χ2v) is 7.37. The third kappa shape index (κ3) is 3.62. The zero-order valence-corrected chi connectivity index (χ0v) is 16.3. The van der Waals surface area contributed by atoms with Gasteiger partial charge in [-0.25, -0.2) is 4.98 Å². The van der Waals surface area contributed by atoms with Gasteiger partial charge >= 0.3 is 0 Å². The van der Waals surface area contributed by atoms with E-state index < -0.39 is 0 Å². The van der Waals surface area contributed by atoms with E-state index >= 15 is 0 Å². The summed E-state index contributed by atoms with van der Waals surface area (Å²) in [4.78, 5) is 18.0. The largest absolute Gasteiger partial charge is 0.488 e. The first-order chi connectivity index (χ1) is 12.4. The quantitative estimate of drug-likeness (QED) is 0.714. The van der Waals surface area contributed by atoms with Gasteiger partial charge in [-0.2, -0.15) is 0 Å². The van der Waals surface area contributed by atoms with Crippen LogP contribution in [0.5, 0.6) is 5.75 Å². The Morgan fingerprint density at radius 1 is 1.23 bits per heavy atom. The number of amides is 1. The van der Waals surface area contributed by atoms with Crippen LogP contribution in [0.15, 0.2) is 22.7 Å². The summed E-state index contributed by atoms with van der Waals surface area (Å²) in [7, 11) is 0. The predicted octanol–water partition coefficient (Wildman–Crippen LogP) is 4.50. The zero-order chi connectivity index (χ0) is 18.8. The summed E-state index contributed by atoms with van der Waals surface area (Å²) >= 11 is 1.43.